The number of aliphatic hydroxyl groups is 1. The molecule has 0 aliphatic carbocycles. The van der Waals surface area contributed by atoms with Gasteiger partial charge in [0.25, 0.3) is 0 Å². The molecule has 0 aliphatic rings. The first kappa shape index (κ1) is 45.0. The molecule has 0 heterocycles. The van der Waals surface area contributed by atoms with Crippen LogP contribution < -0.4 is 5.32 Å². The van der Waals surface area contributed by atoms with Gasteiger partial charge in [-0.2, -0.15) is 0 Å². The lowest BCUT2D eigenvalue weighted by molar-refractivity contribution is -0.870. The molecule has 3 unspecified atom stereocenters. The number of nitrogens with zero attached hydrogens (tertiary/aromatic N) is 1. The third kappa shape index (κ3) is 31.6. The van der Waals surface area contributed by atoms with E-state index in [0.29, 0.717) is 17.4 Å². The minimum atomic E-state index is -4.32. The maximum absolute atomic E-state index is 12.7. The average Bonchev–Trinajstić information content (AvgIpc) is 2.99. The highest BCUT2D eigenvalue weighted by atomic mass is 31.2. The van der Waals surface area contributed by atoms with Gasteiger partial charge in [0.05, 0.1) is 39.9 Å². The Kier molecular flexibility index (Phi) is 29.4. The molecule has 0 aromatic rings. The number of nitrogens with one attached hydrogen (secondary N) is 1. The number of likely N-dealkylation sites (N-methyl/N-ethyl adjacent to an activating group) is 1. The molecule has 0 aliphatic heterocycles. The highest BCUT2D eigenvalue weighted by Crippen LogP contribution is 2.43. The van der Waals surface area contributed by atoms with Crippen LogP contribution in [0, 0.1) is 0 Å². The number of hydrogen-bond donors (Lipinski definition) is 3. The number of carbonyl (C=O) groups excluding carboxylic acids is 1. The lowest BCUT2D eigenvalue weighted by atomic mass is 10.1. The highest BCUT2D eigenvalue weighted by molar-refractivity contribution is 7.47. The molecule has 0 rings (SSSR count). The van der Waals surface area contributed by atoms with Gasteiger partial charge in [-0.3, -0.25) is 13.8 Å². The van der Waals surface area contributed by atoms with Crippen molar-refractivity contribution in [3.05, 3.63) is 24.3 Å². The average molecular weight is 674 g/mol. The summed E-state index contributed by atoms with van der Waals surface area (Å²) in [6, 6.07) is -0.844. The van der Waals surface area contributed by atoms with Crippen molar-refractivity contribution in [3.8, 4) is 0 Å². The number of rotatable bonds is 33. The Balaban J connectivity index is 4.57. The Morgan fingerprint density at radius 1 is 0.717 bits per heavy atom. The van der Waals surface area contributed by atoms with Crippen molar-refractivity contribution in [2.75, 3.05) is 40.9 Å². The number of carbonyl (C=O) groups is 1. The van der Waals surface area contributed by atoms with Gasteiger partial charge in [-0.05, 0) is 44.9 Å². The summed E-state index contributed by atoms with van der Waals surface area (Å²) in [6.45, 7) is 4.75. The van der Waals surface area contributed by atoms with Crippen LogP contribution >= 0.6 is 7.82 Å². The van der Waals surface area contributed by atoms with Gasteiger partial charge < -0.3 is 19.8 Å². The van der Waals surface area contributed by atoms with Crippen LogP contribution in [-0.4, -0.2) is 73.4 Å². The van der Waals surface area contributed by atoms with Crippen molar-refractivity contribution >= 4 is 13.7 Å². The Bertz CT molecular complexity index is 814. The number of hydrogen-bond acceptors (Lipinski definition) is 5. The third-order valence-electron chi connectivity index (χ3n) is 8.17. The van der Waals surface area contributed by atoms with Crippen molar-refractivity contribution in [3.63, 3.8) is 0 Å². The summed E-state index contributed by atoms with van der Waals surface area (Å²) < 4.78 is 23.4. The lowest BCUT2D eigenvalue weighted by Crippen LogP contribution is -2.45. The van der Waals surface area contributed by atoms with E-state index in [9.17, 15) is 19.4 Å². The van der Waals surface area contributed by atoms with Gasteiger partial charge in [-0.15, -0.1) is 0 Å². The van der Waals surface area contributed by atoms with Crippen LogP contribution in [0.2, 0.25) is 0 Å². The highest BCUT2D eigenvalue weighted by Gasteiger charge is 2.27. The zero-order valence-corrected chi connectivity index (χ0v) is 31.5. The zero-order chi connectivity index (χ0) is 34.4. The van der Waals surface area contributed by atoms with Gasteiger partial charge in [-0.25, -0.2) is 4.57 Å². The third-order valence-corrected chi connectivity index (χ3v) is 9.15. The molecule has 0 saturated heterocycles. The van der Waals surface area contributed by atoms with Crippen LogP contribution in [0.5, 0.6) is 0 Å². The summed E-state index contributed by atoms with van der Waals surface area (Å²) in [4.78, 5) is 22.9. The molecule has 0 radical (unpaired) electrons. The van der Waals surface area contributed by atoms with Crippen LogP contribution in [0.1, 0.15) is 155 Å². The van der Waals surface area contributed by atoms with E-state index in [1.807, 2.05) is 27.2 Å². The maximum atomic E-state index is 12.7. The Labute approximate surface area is 284 Å². The first-order valence-electron chi connectivity index (χ1n) is 18.7. The monoisotopic (exact) mass is 674 g/mol. The smallest absolute Gasteiger partial charge is 0.387 e. The number of phosphoric ester groups is 1. The number of allylic oxidation sites excluding steroid dienone is 3. The fourth-order valence-electron chi connectivity index (χ4n) is 5.09. The molecule has 8 nitrogen and oxygen atoms in total. The lowest BCUT2D eigenvalue weighted by Gasteiger charge is -2.25. The molecule has 3 atom stereocenters. The number of quaternary nitrogens is 1. The van der Waals surface area contributed by atoms with Crippen LogP contribution in [-0.2, 0) is 18.4 Å². The minimum Gasteiger partial charge on any atom is -0.387 e. The van der Waals surface area contributed by atoms with Gasteiger partial charge in [0.2, 0.25) is 5.91 Å². The van der Waals surface area contributed by atoms with Crippen molar-refractivity contribution in [2.45, 2.75) is 167 Å². The number of unbranched alkanes of at least 4 members (excludes halogenated alkanes) is 18. The fraction of sp³-hybridized carbons (Fsp3) is 0.865. The number of aliphatic hydroxyl groups excluding tert-OH is 1. The SMILES string of the molecule is CCCCCC/C=C\CCCCCCCC(=O)NC(COP(=O)(O)OCC[N+](C)(C)C)C(O)/C=C/CCCCCCCCCCC. The molecule has 9 heteroatoms. The molecule has 3 N–H and O–H groups in total. The maximum Gasteiger partial charge on any atom is 0.472 e. The van der Waals surface area contributed by atoms with E-state index in [1.54, 1.807) is 6.08 Å². The van der Waals surface area contributed by atoms with Crippen LogP contribution in [0.4, 0.5) is 0 Å². The minimum absolute atomic E-state index is 0.0604. The Morgan fingerprint density at radius 3 is 1.70 bits per heavy atom. The van der Waals surface area contributed by atoms with Crippen molar-refractivity contribution in [1.82, 2.24) is 5.32 Å². The van der Waals surface area contributed by atoms with E-state index in [0.717, 1.165) is 51.4 Å². The molecule has 0 saturated carbocycles. The second-order valence-electron chi connectivity index (χ2n) is 13.9. The molecular weight excluding hydrogens is 599 g/mol. The fourth-order valence-corrected chi connectivity index (χ4v) is 5.83. The number of amides is 1. The Morgan fingerprint density at radius 2 is 1.17 bits per heavy atom. The molecule has 272 valence electrons. The van der Waals surface area contributed by atoms with Crippen LogP contribution in [0.3, 0.4) is 0 Å². The van der Waals surface area contributed by atoms with E-state index < -0.39 is 20.0 Å². The molecule has 0 bridgehead atoms. The predicted octanol–water partition coefficient (Wildman–Crippen LogP) is 9.41. The normalized spacial score (nSPS) is 15.0. The van der Waals surface area contributed by atoms with E-state index in [4.69, 9.17) is 9.05 Å². The molecule has 1 amide bonds. The van der Waals surface area contributed by atoms with Gasteiger partial charge in [0.1, 0.15) is 13.2 Å². The van der Waals surface area contributed by atoms with Crippen molar-refractivity contribution in [2.24, 2.45) is 0 Å². The van der Waals surface area contributed by atoms with Crippen LogP contribution in [0.15, 0.2) is 24.3 Å². The van der Waals surface area contributed by atoms with Gasteiger partial charge in [0, 0.05) is 6.42 Å². The van der Waals surface area contributed by atoms with E-state index in [1.165, 1.54) is 83.5 Å². The van der Waals surface area contributed by atoms with Crippen LogP contribution in [0.25, 0.3) is 0 Å². The first-order valence-corrected chi connectivity index (χ1v) is 20.2. The van der Waals surface area contributed by atoms with Crippen molar-refractivity contribution in [1.29, 1.82) is 0 Å². The Hall–Kier alpha value is -1.02. The summed E-state index contributed by atoms with van der Waals surface area (Å²) in [5.74, 6) is -0.190. The second-order valence-corrected chi connectivity index (χ2v) is 15.4. The summed E-state index contributed by atoms with van der Waals surface area (Å²) in [5, 5.41) is 13.7. The molecule has 46 heavy (non-hydrogen) atoms. The summed E-state index contributed by atoms with van der Waals surface area (Å²) in [6.07, 6.45) is 32.3. The molecule has 0 aromatic heterocycles. The van der Waals surface area contributed by atoms with Gasteiger partial charge >= 0.3 is 7.82 Å². The summed E-state index contributed by atoms with van der Waals surface area (Å²) >= 11 is 0. The summed E-state index contributed by atoms with van der Waals surface area (Å²) in [7, 11) is 1.56. The zero-order valence-electron chi connectivity index (χ0n) is 30.6. The quantitative estimate of drug-likeness (QED) is 0.0278. The van der Waals surface area contributed by atoms with E-state index in [-0.39, 0.29) is 19.1 Å². The largest absolute Gasteiger partial charge is 0.472 e. The second kappa shape index (κ2) is 30.1. The summed E-state index contributed by atoms with van der Waals surface area (Å²) in [5.41, 5.74) is 0. The molecular formula is C37H74N2O6P+. The standard InChI is InChI=1S/C37H73N2O6P/c1-6-8-10-12-14-16-18-19-21-23-25-27-29-31-37(41)38-35(34-45-46(42,43)44-33-32-39(3,4)5)36(40)30-28-26-24-22-20-17-15-13-11-9-7-2/h16,18,28,30,35-36,40H,6-15,17,19-27,29,31-34H2,1-5H3,(H-,38,41,42,43)/p+1/b18-16-,30-28+. The molecule has 0 fully saturated rings. The van der Waals surface area contributed by atoms with Gasteiger partial charge in [-0.1, -0.05) is 128 Å². The van der Waals surface area contributed by atoms with E-state index in [2.05, 4.69) is 31.3 Å². The van der Waals surface area contributed by atoms with Crippen molar-refractivity contribution < 1.29 is 32.9 Å². The van der Waals surface area contributed by atoms with Gasteiger partial charge in [0.15, 0.2) is 0 Å². The topological polar surface area (TPSA) is 105 Å². The molecule has 0 aromatic carbocycles. The molecule has 0 spiro atoms. The number of phosphoric acid groups is 1. The first-order chi connectivity index (χ1) is 22.0. The predicted molar refractivity (Wildman–Crippen MR) is 194 cm³/mol. The van der Waals surface area contributed by atoms with E-state index >= 15 is 0 Å².